The minimum absolute atomic E-state index is 0. The molecule has 0 aromatic rings. The lowest BCUT2D eigenvalue weighted by Crippen LogP contribution is -1.55. The molecule has 0 fully saturated rings. The van der Waals surface area contributed by atoms with Crippen molar-refractivity contribution in [3.05, 3.63) is 0 Å². The van der Waals surface area contributed by atoms with Crippen molar-refractivity contribution in [2.24, 2.45) is 0 Å². The minimum atomic E-state index is 0. The summed E-state index contributed by atoms with van der Waals surface area (Å²) in [7, 11) is 0. The molecule has 0 aromatic carbocycles. The summed E-state index contributed by atoms with van der Waals surface area (Å²) >= 11 is 15.0. The van der Waals surface area contributed by atoms with Crippen LogP contribution in [-0.4, -0.2) is 18.1 Å². The van der Waals surface area contributed by atoms with E-state index in [1.54, 1.807) is 0 Å². The maximum absolute atomic E-state index is 5.19. The van der Waals surface area contributed by atoms with Crippen molar-refractivity contribution in [1.82, 2.24) is 0 Å². The molecule has 0 rings (SSSR count). The molecule has 0 nitrogen and oxygen atoms in total. The molecule has 11 heavy (non-hydrogen) atoms. The number of rotatable bonds is 2. The van der Waals surface area contributed by atoms with Gasteiger partial charge in [-0.15, -0.1) is 34.8 Å². The number of alkyl halides is 3. The molecule has 0 N–H and O–H groups in total. The van der Waals surface area contributed by atoms with Gasteiger partial charge in [-0.25, -0.2) is 0 Å². The maximum atomic E-state index is 5.19. The van der Waals surface area contributed by atoms with Gasteiger partial charge in [-0.2, -0.15) is 0 Å². The summed E-state index contributed by atoms with van der Waals surface area (Å²) < 4.78 is 0. The quantitative estimate of drug-likeness (QED) is 0.592. The Hall–Kier alpha value is 0.870. The summed E-state index contributed by atoms with van der Waals surface area (Å²) in [4.78, 5) is 0. The molecule has 0 saturated carbocycles. The normalized spacial score (nSPS) is 6.00. The van der Waals surface area contributed by atoms with Gasteiger partial charge >= 0.3 is 0 Å². The molecular formula is C8H21Cl3. The minimum Gasteiger partial charge on any atom is -0.130 e. The fourth-order valence-corrected chi connectivity index (χ4v) is 0. The summed E-state index contributed by atoms with van der Waals surface area (Å²) in [6.45, 7) is 4.10. The summed E-state index contributed by atoms with van der Waals surface area (Å²) in [5.74, 6) is 1.58. The van der Waals surface area contributed by atoms with Crippen LogP contribution in [0.25, 0.3) is 0 Å². The molecule has 0 amide bonds. The molecule has 0 aromatic heterocycles. The molecule has 0 saturated heterocycles. The molecule has 0 aliphatic carbocycles. The standard InChI is InChI=1S/2C3H7Cl.CH3Cl.CH4/c2*1-2-3-4;1-2;/h2*2-3H2,1H3;1H3;1H4. The van der Waals surface area contributed by atoms with E-state index in [-0.39, 0.29) is 7.43 Å². The van der Waals surface area contributed by atoms with Crippen LogP contribution in [0.4, 0.5) is 0 Å². The van der Waals surface area contributed by atoms with E-state index in [2.05, 4.69) is 11.6 Å². The van der Waals surface area contributed by atoms with Gasteiger partial charge in [-0.1, -0.05) is 21.3 Å². The van der Waals surface area contributed by atoms with E-state index in [9.17, 15) is 0 Å². The lowest BCUT2D eigenvalue weighted by Gasteiger charge is -1.65. The molecule has 3 heteroatoms. The van der Waals surface area contributed by atoms with Crippen LogP contribution in [0, 0.1) is 0 Å². The second-order valence-corrected chi connectivity index (χ2v) is 2.13. The van der Waals surface area contributed by atoms with E-state index in [0.717, 1.165) is 24.6 Å². The van der Waals surface area contributed by atoms with Gasteiger partial charge in [0.2, 0.25) is 0 Å². The van der Waals surface area contributed by atoms with Crippen LogP contribution in [0.2, 0.25) is 0 Å². The van der Waals surface area contributed by atoms with Crippen LogP contribution in [0.15, 0.2) is 0 Å². The lowest BCUT2D eigenvalue weighted by atomic mass is 10.6. The highest BCUT2D eigenvalue weighted by molar-refractivity contribution is 6.18. The van der Waals surface area contributed by atoms with Crippen LogP contribution < -0.4 is 0 Å². The van der Waals surface area contributed by atoms with Crippen molar-refractivity contribution >= 4 is 34.8 Å². The molecule has 0 aliphatic heterocycles. The van der Waals surface area contributed by atoms with E-state index < -0.39 is 0 Å². The van der Waals surface area contributed by atoms with Gasteiger partial charge in [0, 0.05) is 18.1 Å². The van der Waals surface area contributed by atoms with Crippen molar-refractivity contribution in [3.8, 4) is 0 Å². The lowest BCUT2D eigenvalue weighted by molar-refractivity contribution is 1.10. The molecule has 74 valence electrons. The number of halogens is 3. The Morgan fingerprint density at radius 2 is 0.909 bits per heavy atom. The largest absolute Gasteiger partial charge is 0.130 e. The van der Waals surface area contributed by atoms with Crippen LogP contribution in [-0.2, 0) is 0 Å². The summed E-state index contributed by atoms with van der Waals surface area (Å²) in [5.41, 5.74) is 0. The summed E-state index contributed by atoms with van der Waals surface area (Å²) in [6.07, 6.45) is 3.64. The zero-order valence-corrected chi connectivity index (χ0v) is 9.23. The van der Waals surface area contributed by atoms with E-state index in [1.165, 1.54) is 6.38 Å². The third-order valence-corrected chi connectivity index (χ3v) is 1.13. The van der Waals surface area contributed by atoms with E-state index in [4.69, 9.17) is 23.2 Å². The highest BCUT2D eigenvalue weighted by atomic mass is 35.5. The van der Waals surface area contributed by atoms with E-state index in [1.807, 2.05) is 13.8 Å². The predicted octanol–water partition coefficient (Wildman–Crippen LogP) is 4.76. The van der Waals surface area contributed by atoms with Crippen molar-refractivity contribution in [1.29, 1.82) is 0 Å². The van der Waals surface area contributed by atoms with Crippen LogP contribution in [0.3, 0.4) is 0 Å². The van der Waals surface area contributed by atoms with Crippen molar-refractivity contribution in [3.63, 3.8) is 0 Å². The predicted molar refractivity (Wildman–Crippen MR) is 60.5 cm³/mol. The monoisotopic (exact) mass is 222 g/mol. The van der Waals surface area contributed by atoms with Crippen molar-refractivity contribution in [2.75, 3.05) is 18.1 Å². The van der Waals surface area contributed by atoms with Gasteiger partial charge in [0.05, 0.1) is 0 Å². The Labute approximate surface area is 87.2 Å². The Balaban J connectivity index is -0.0000000339. The Morgan fingerprint density at radius 3 is 0.909 bits per heavy atom. The second kappa shape index (κ2) is 44.6. The van der Waals surface area contributed by atoms with Crippen LogP contribution >= 0.6 is 34.8 Å². The zero-order chi connectivity index (χ0) is 8.83. The van der Waals surface area contributed by atoms with Crippen molar-refractivity contribution in [2.45, 2.75) is 34.1 Å². The van der Waals surface area contributed by atoms with Gasteiger partial charge in [-0.05, 0) is 12.8 Å². The number of hydrogen-bond acceptors (Lipinski definition) is 0. The average molecular weight is 224 g/mol. The second-order valence-electron chi connectivity index (χ2n) is 1.38. The van der Waals surface area contributed by atoms with Gasteiger partial charge in [0.1, 0.15) is 0 Å². The zero-order valence-electron chi connectivity index (χ0n) is 6.96. The molecule has 0 unspecified atom stereocenters. The third-order valence-electron chi connectivity index (χ3n) is 0.378. The SMILES string of the molecule is C.CCCCl.CCCCl.CCl. The first-order chi connectivity index (χ1) is 4.83. The van der Waals surface area contributed by atoms with Crippen molar-refractivity contribution < 1.29 is 0 Å². The summed E-state index contributed by atoms with van der Waals surface area (Å²) in [6, 6.07) is 0. The molecular weight excluding hydrogens is 202 g/mol. The van der Waals surface area contributed by atoms with Crippen LogP contribution in [0.5, 0.6) is 0 Å². The maximum Gasteiger partial charge on any atom is 0.0220 e. The Morgan fingerprint density at radius 1 is 0.818 bits per heavy atom. The first kappa shape index (κ1) is 22.6. The van der Waals surface area contributed by atoms with Crippen LogP contribution in [0.1, 0.15) is 34.1 Å². The highest BCUT2D eigenvalue weighted by Gasteiger charge is 1.59. The first-order valence-corrected chi connectivity index (χ1v) is 5.15. The third kappa shape index (κ3) is 104. The summed E-state index contributed by atoms with van der Waals surface area (Å²) in [5, 5.41) is 0. The van der Waals surface area contributed by atoms with E-state index in [0.29, 0.717) is 0 Å². The smallest absolute Gasteiger partial charge is 0.0220 e. The molecule has 0 atom stereocenters. The highest BCUT2D eigenvalue weighted by Crippen LogP contribution is 1.76. The average Bonchev–Trinajstić information content (AvgIpc) is 2.08. The fourth-order valence-electron chi connectivity index (χ4n) is 0. The van der Waals surface area contributed by atoms with Gasteiger partial charge in [0.25, 0.3) is 0 Å². The molecule has 0 heterocycles. The Kier molecular flexibility index (Phi) is 91.9. The molecule has 0 spiro atoms. The number of hydrogen-bond donors (Lipinski definition) is 0. The molecule has 0 bridgehead atoms. The molecule has 0 radical (unpaired) electrons. The molecule has 0 aliphatic rings. The Bertz CT molecular complexity index is 17.3. The topological polar surface area (TPSA) is 0 Å². The fraction of sp³-hybridized carbons (Fsp3) is 1.00. The van der Waals surface area contributed by atoms with E-state index >= 15 is 0 Å². The van der Waals surface area contributed by atoms with Gasteiger partial charge < -0.3 is 0 Å². The van der Waals surface area contributed by atoms with Gasteiger partial charge in [-0.3, -0.25) is 0 Å². The first-order valence-electron chi connectivity index (χ1n) is 3.33. The van der Waals surface area contributed by atoms with Gasteiger partial charge in [0.15, 0.2) is 0 Å².